The number of carbonyl (C=O) groups excluding carboxylic acids is 1. The summed E-state index contributed by atoms with van der Waals surface area (Å²) in [6.07, 6.45) is 2.00. The fraction of sp³-hybridized carbons (Fsp3) is 0.462. The second-order valence-electron chi connectivity index (χ2n) is 4.04. The number of nitrogens with two attached hydrogens (primary N) is 1. The van der Waals surface area contributed by atoms with Crippen molar-refractivity contribution >= 4 is 5.91 Å². The van der Waals surface area contributed by atoms with Gasteiger partial charge in [0.2, 0.25) is 5.91 Å². The number of hydrogen-bond acceptors (Lipinski definition) is 3. The molecule has 0 spiro atoms. The van der Waals surface area contributed by atoms with E-state index in [2.05, 4.69) is 12.2 Å². The van der Waals surface area contributed by atoms with E-state index in [9.17, 15) is 9.90 Å². The average Bonchev–Trinajstić information content (AvgIpc) is 2.30. The summed E-state index contributed by atoms with van der Waals surface area (Å²) in [5.41, 5.74) is 5.97. The van der Waals surface area contributed by atoms with Crippen LogP contribution in [0.4, 0.5) is 0 Å². The maximum absolute atomic E-state index is 10.6. The average molecular weight is 236 g/mol. The number of rotatable bonds is 7. The number of primary amides is 1. The molecule has 1 amide bonds. The van der Waals surface area contributed by atoms with Crippen LogP contribution in [0.3, 0.4) is 0 Å². The standard InChI is InChI=1S/C13H20N2O2/c1-2-11(15-9-5-8-13(14)17)10-6-3-4-7-12(10)16/h3-4,6-7,11,15-16H,2,5,8-9H2,1H3,(H2,14,17). The van der Waals surface area contributed by atoms with Crippen LogP contribution in [0.5, 0.6) is 5.75 Å². The van der Waals surface area contributed by atoms with Gasteiger partial charge >= 0.3 is 0 Å². The Kier molecular flexibility index (Phi) is 5.49. The maximum Gasteiger partial charge on any atom is 0.217 e. The van der Waals surface area contributed by atoms with Gasteiger partial charge in [0, 0.05) is 18.0 Å². The summed E-state index contributed by atoms with van der Waals surface area (Å²) >= 11 is 0. The first-order valence-electron chi connectivity index (χ1n) is 5.94. The number of carbonyl (C=O) groups is 1. The van der Waals surface area contributed by atoms with Crippen molar-refractivity contribution in [2.24, 2.45) is 5.73 Å². The number of hydrogen-bond donors (Lipinski definition) is 3. The number of phenols is 1. The molecular weight excluding hydrogens is 216 g/mol. The highest BCUT2D eigenvalue weighted by Crippen LogP contribution is 2.25. The van der Waals surface area contributed by atoms with Gasteiger partial charge in [0.15, 0.2) is 0 Å². The van der Waals surface area contributed by atoms with E-state index in [4.69, 9.17) is 5.73 Å². The largest absolute Gasteiger partial charge is 0.508 e. The summed E-state index contributed by atoms with van der Waals surface area (Å²) in [5, 5.41) is 13.1. The predicted octanol–water partition coefficient (Wildman–Crippen LogP) is 1.70. The Morgan fingerprint density at radius 1 is 1.47 bits per heavy atom. The van der Waals surface area contributed by atoms with Gasteiger partial charge in [-0.25, -0.2) is 0 Å². The molecule has 0 bridgehead atoms. The van der Waals surface area contributed by atoms with Gasteiger partial charge in [-0.3, -0.25) is 4.79 Å². The normalized spacial score (nSPS) is 12.3. The van der Waals surface area contributed by atoms with Gasteiger partial charge in [-0.15, -0.1) is 0 Å². The molecule has 17 heavy (non-hydrogen) atoms. The molecule has 94 valence electrons. The minimum absolute atomic E-state index is 0.115. The first-order valence-corrected chi connectivity index (χ1v) is 5.94. The van der Waals surface area contributed by atoms with Crippen LogP contribution in [-0.2, 0) is 4.79 Å². The molecule has 0 heterocycles. The molecule has 4 N–H and O–H groups in total. The van der Waals surface area contributed by atoms with Crippen LogP contribution in [0.15, 0.2) is 24.3 Å². The molecule has 4 nitrogen and oxygen atoms in total. The van der Waals surface area contributed by atoms with E-state index in [0.717, 1.165) is 24.9 Å². The molecule has 0 fully saturated rings. The Hall–Kier alpha value is -1.55. The third-order valence-electron chi connectivity index (χ3n) is 2.71. The van der Waals surface area contributed by atoms with Crippen molar-refractivity contribution in [1.29, 1.82) is 0 Å². The fourth-order valence-electron chi connectivity index (χ4n) is 1.80. The number of phenolic OH excluding ortho intramolecular Hbond substituents is 1. The molecule has 1 aromatic rings. The molecule has 1 unspecified atom stereocenters. The number of para-hydroxylation sites is 1. The number of amides is 1. The van der Waals surface area contributed by atoms with Crippen LogP contribution in [0, 0.1) is 0 Å². The first-order chi connectivity index (χ1) is 8.15. The Morgan fingerprint density at radius 2 is 2.18 bits per heavy atom. The highest BCUT2D eigenvalue weighted by atomic mass is 16.3. The Bertz CT molecular complexity index is 366. The van der Waals surface area contributed by atoms with Gasteiger partial charge in [0.1, 0.15) is 5.75 Å². The summed E-state index contributed by atoms with van der Waals surface area (Å²) in [7, 11) is 0. The molecule has 4 heteroatoms. The summed E-state index contributed by atoms with van der Waals surface area (Å²) in [6.45, 7) is 2.77. The molecule has 0 aliphatic carbocycles. The van der Waals surface area contributed by atoms with E-state index in [1.54, 1.807) is 12.1 Å². The monoisotopic (exact) mass is 236 g/mol. The Morgan fingerprint density at radius 3 is 2.76 bits per heavy atom. The zero-order valence-corrected chi connectivity index (χ0v) is 10.1. The van der Waals surface area contributed by atoms with Crippen molar-refractivity contribution in [3.8, 4) is 5.75 Å². The summed E-state index contributed by atoms with van der Waals surface area (Å²) in [5.74, 6) is 0.0316. The van der Waals surface area contributed by atoms with Crippen molar-refractivity contribution in [2.45, 2.75) is 32.2 Å². The Balaban J connectivity index is 2.49. The number of benzene rings is 1. The highest BCUT2D eigenvalue weighted by Gasteiger charge is 2.11. The fourth-order valence-corrected chi connectivity index (χ4v) is 1.80. The lowest BCUT2D eigenvalue weighted by Gasteiger charge is -2.18. The molecule has 0 aromatic heterocycles. The van der Waals surface area contributed by atoms with E-state index in [0.29, 0.717) is 12.2 Å². The smallest absolute Gasteiger partial charge is 0.217 e. The van der Waals surface area contributed by atoms with Crippen LogP contribution >= 0.6 is 0 Å². The molecule has 1 rings (SSSR count). The van der Waals surface area contributed by atoms with Crippen molar-refractivity contribution in [3.63, 3.8) is 0 Å². The second kappa shape index (κ2) is 6.91. The molecule has 0 radical (unpaired) electrons. The lowest BCUT2D eigenvalue weighted by Crippen LogP contribution is -2.23. The Labute approximate surface area is 102 Å². The lowest BCUT2D eigenvalue weighted by molar-refractivity contribution is -0.118. The van der Waals surface area contributed by atoms with Crippen LogP contribution in [0.1, 0.15) is 37.8 Å². The van der Waals surface area contributed by atoms with E-state index in [1.165, 1.54) is 0 Å². The third kappa shape index (κ3) is 4.44. The van der Waals surface area contributed by atoms with E-state index in [-0.39, 0.29) is 11.9 Å². The summed E-state index contributed by atoms with van der Waals surface area (Å²) in [4.78, 5) is 10.6. The van der Waals surface area contributed by atoms with Gasteiger partial charge in [0.25, 0.3) is 0 Å². The molecular formula is C13H20N2O2. The van der Waals surface area contributed by atoms with Crippen molar-refractivity contribution in [3.05, 3.63) is 29.8 Å². The van der Waals surface area contributed by atoms with Crippen molar-refractivity contribution in [2.75, 3.05) is 6.54 Å². The predicted molar refractivity (Wildman–Crippen MR) is 67.6 cm³/mol. The van der Waals surface area contributed by atoms with E-state index < -0.39 is 0 Å². The summed E-state index contributed by atoms with van der Waals surface area (Å²) < 4.78 is 0. The van der Waals surface area contributed by atoms with Gasteiger partial charge < -0.3 is 16.2 Å². The minimum Gasteiger partial charge on any atom is -0.508 e. The molecule has 0 aliphatic rings. The molecule has 0 saturated heterocycles. The summed E-state index contributed by atoms with van der Waals surface area (Å²) in [6, 6.07) is 7.42. The van der Waals surface area contributed by atoms with Crippen LogP contribution in [0.2, 0.25) is 0 Å². The highest BCUT2D eigenvalue weighted by molar-refractivity contribution is 5.73. The van der Waals surface area contributed by atoms with Gasteiger partial charge in [-0.05, 0) is 25.5 Å². The van der Waals surface area contributed by atoms with Crippen LogP contribution in [0.25, 0.3) is 0 Å². The second-order valence-corrected chi connectivity index (χ2v) is 4.04. The zero-order valence-electron chi connectivity index (χ0n) is 10.1. The SMILES string of the molecule is CCC(NCCCC(N)=O)c1ccccc1O. The number of nitrogens with one attached hydrogen (secondary N) is 1. The molecule has 0 saturated carbocycles. The number of aromatic hydroxyl groups is 1. The molecule has 1 aromatic carbocycles. The van der Waals surface area contributed by atoms with Gasteiger partial charge in [-0.2, -0.15) is 0 Å². The van der Waals surface area contributed by atoms with Crippen molar-refractivity contribution < 1.29 is 9.90 Å². The van der Waals surface area contributed by atoms with Crippen molar-refractivity contribution in [1.82, 2.24) is 5.32 Å². The third-order valence-corrected chi connectivity index (χ3v) is 2.71. The first kappa shape index (κ1) is 13.5. The van der Waals surface area contributed by atoms with Crippen LogP contribution < -0.4 is 11.1 Å². The molecule has 0 aliphatic heterocycles. The molecule has 1 atom stereocenters. The quantitative estimate of drug-likeness (QED) is 0.631. The van der Waals surface area contributed by atoms with Gasteiger partial charge in [-0.1, -0.05) is 25.1 Å². The zero-order chi connectivity index (χ0) is 12.7. The lowest BCUT2D eigenvalue weighted by atomic mass is 10.0. The topological polar surface area (TPSA) is 75.3 Å². The van der Waals surface area contributed by atoms with Crippen LogP contribution in [-0.4, -0.2) is 17.6 Å². The van der Waals surface area contributed by atoms with E-state index >= 15 is 0 Å². The minimum atomic E-state index is -0.276. The van der Waals surface area contributed by atoms with E-state index in [1.807, 2.05) is 12.1 Å². The maximum atomic E-state index is 10.6. The van der Waals surface area contributed by atoms with Gasteiger partial charge in [0.05, 0.1) is 0 Å².